The fourth-order valence-corrected chi connectivity index (χ4v) is 3.91. The molecule has 3 amide bonds. The topological polar surface area (TPSA) is 101 Å². The molecule has 2 aliphatic rings. The number of nitrogens with zero attached hydrogens (tertiary/aromatic N) is 1. The van der Waals surface area contributed by atoms with Gasteiger partial charge in [0.15, 0.2) is 11.5 Å². The number of rotatable bonds is 7. The van der Waals surface area contributed by atoms with Crippen LogP contribution in [0.2, 0.25) is 0 Å². The van der Waals surface area contributed by atoms with Crippen LogP contribution in [-0.2, 0) is 11.2 Å². The number of piperazine rings is 1. The van der Waals surface area contributed by atoms with Crippen LogP contribution in [0.4, 0.5) is 10.5 Å². The number of fused-ring (bicyclic) bond motifs is 1. The molecule has 0 radical (unpaired) electrons. The predicted molar refractivity (Wildman–Crippen MR) is 124 cm³/mol. The molecular weight excluding hydrogens is 424 g/mol. The molecule has 1 atom stereocenters. The van der Waals surface area contributed by atoms with Gasteiger partial charge < -0.3 is 35.1 Å². The van der Waals surface area contributed by atoms with Crippen molar-refractivity contribution in [3.05, 3.63) is 48.0 Å². The van der Waals surface area contributed by atoms with Gasteiger partial charge in [-0.2, -0.15) is 0 Å². The van der Waals surface area contributed by atoms with E-state index in [2.05, 4.69) is 16.0 Å². The summed E-state index contributed by atoms with van der Waals surface area (Å²) in [5.74, 6) is 2.21. The van der Waals surface area contributed by atoms with Gasteiger partial charge in [-0.3, -0.25) is 4.79 Å². The molecule has 176 valence electrons. The van der Waals surface area contributed by atoms with Crippen molar-refractivity contribution in [1.29, 1.82) is 0 Å². The Morgan fingerprint density at radius 2 is 1.91 bits per heavy atom. The minimum absolute atomic E-state index is 0.0394. The summed E-state index contributed by atoms with van der Waals surface area (Å²) in [5.41, 5.74) is 1.78. The number of amides is 3. The van der Waals surface area contributed by atoms with E-state index in [0.29, 0.717) is 57.9 Å². The SMILES string of the molecule is COc1ccc(NC(=O)N2CCNC(CC(=O)NCCc3ccc4c(c3)OCCO4)C2)cc1. The van der Waals surface area contributed by atoms with Crippen LogP contribution in [0.15, 0.2) is 42.5 Å². The molecule has 3 N–H and O–H groups in total. The summed E-state index contributed by atoms with van der Waals surface area (Å²) in [6.45, 7) is 3.36. The number of anilines is 1. The molecule has 1 fully saturated rings. The Hall–Kier alpha value is -3.46. The van der Waals surface area contributed by atoms with Crippen molar-refractivity contribution in [3.63, 3.8) is 0 Å². The first-order chi connectivity index (χ1) is 16.1. The number of ether oxygens (including phenoxy) is 3. The maximum absolute atomic E-state index is 12.6. The first-order valence-electron chi connectivity index (χ1n) is 11.2. The minimum atomic E-state index is -0.175. The van der Waals surface area contributed by atoms with E-state index in [4.69, 9.17) is 14.2 Å². The Morgan fingerprint density at radius 3 is 2.70 bits per heavy atom. The molecule has 0 aliphatic carbocycles. The largest absolute Gasteiger partial charge is 0.497 e. The van der Waals surface area contributed by atoms with Gasteiger partial charge in [0, 0.05) is 44.3 Å². The Morgan fingerprint density at radius 1 is 1.12 bits per heavy atom. The number of carbonyl (C=O) groups is 2. The van der Waals surface area contributed by atoms with Crippen LogP contribution in [-0.4, -0.2) is 69.4 Å². The molecule has 1 unspecified atom stereocenters. The van der Waals surface area contributed by atoms with Crippen molar-refractivity contribution in [3.8, 4) is 17.2 Å². The predicted octanol–water partition coefficient (Wildman–Crippen LogP) is 2.02. The quantitative estimate of drug-likeness (QED) is 0.592. The molecule has 0 spiro atoms. The average Bonchev–Trinajstić information content (AvgIpc) is 2.84. The van der Waals surface area contributed by atoms with Crippen LogP contribution in [0.1, 0.15) is 12.0 Å². The Labute approximate surface area is 193 Å². The monoisotopic (exact) mass is 454 g/mol. The number of urea groups is 1. The summed E-state index contributed by atoms with van der Waals surface area (Å²) in [5, 5.41) is 9.19. The zero-order valence-corrected chi connectivity index (χ0v) is 18.8. The van der Waals surface area contributed by atoms with Crippen molar-refractivity contribution in [1.82, 2.24) is 15.5 Å². The highest BCUT2D eigenvalue weighted by atomic mass is 16.6. The van der Waals surface area contributed by atoms with Gasteiger partial charge in [-0.15, -0.1) is 0 Å². The molecule has 1 saturated heterocycles. The molecule has 2 aliphatic heterocycles. The maximum Gasteiger partial charge on any atom is 0.321 e. The zero-order valence-electron chi connectivity index (χ0n) is 18.8. The molecule has 9 heteroatoms. The van der Waals surface area contributed by atoms with Crippen LogP contribution in [0.3, 0.4) is 0 Å². The van der Waals surface area contributed by atoms with E-state index >= 15 is 0 Å². The summed E-state index contributed by atoms with van der Waals surface area (Å²) in [4.78, 5) is 26.8. The van der Waals surface area contributed by atoms with Crippen molar-refractivity contribution < 1.29 is 23.8 Å². The van der Waals surface area contributed by atoms with Crippen molar-refractivity contribution >= 4 is 17.6 Å². The standard InChI is InChI=1S/C24H30N4O5/c1-31-20-5-3-18(4-6-20)27-24(30)28-11-10-25-19(16-28)15-23(29)26-9-8-17-2-7-21-22(14-17)33-13-12-32-21/h2-7,14,19,25H,8-13,15-16H2,1H3,(H,26,29)(H,27,30). The second kappa shape index (κ2) is 10.9. The van der Waals surface area contributed by atoms with Crippen molar-refractivity contribution in [2.75, 3.05) is 51.8 Å². The lowest BCUT2D eigenvalue weighted by Gasteiger charge is -2.33. The van der Waals surface area contributed by atoms with Gasteiger partial charge in [-0.25, -0.2) is 4.79 Å². The van der Waals surface area contributed by atoms with Crippen molar-refractivity contribution in [2.24, 2.45) is 0 Å². The van der Waals surface area contributed by atoms with E-state index in [1.807, 2.05) is 18.2 Å². The summed E-state index contributed by atoms with van der Waals surface area (Å²) >= 11 is 0. The lowest BCUT2D eigenvalue weighted by atomic mass is 10.1. The van der Waals surface area contributed by atoms with E-state index < -0.39 is 0 Å². The fraction of sp³-hybridized carbons (Fsp3) is 0.417. The fourth-order valence-electron chi connectivity index (χ4n) is 3.91. The first-order valence-corrected chi connectivity index (χ1v) is 11.2. The summed E-state index contributed by atoms with van der Waals surface area (Å²) in [6.07, 6.45) is 1.02. The lowest BCUT2D eigenvalue weighted by Crippen LogP contribution is -2.54. The first kappa shape index (κ1) is 22.7. The molecule has 2 heterocycles. The van der Waals surface area contributed by atoms with Gasteiger partial charge in [0.25, 0.3) is 0 Å². The molecule has 33 heavy (non-hydrogen) atoms. The van der Waals surface area contributed by atoms with Gasteiger partial charge in [0.05, 0.1) is 7.11 Å². The van der Waals surface area contributed by atoms with Crippen LogP contribution < -0.4 is 30.2 Å². The third kappa shape index (κ3) is 6.29. The van der Waals surface area contributed by atoms with Crippen LogP contribution in [0.5, 0.6) is 17.2 Å². The summed E-state index contributed by atoms with van der Waals surface area (Å²) < 4.78 is 16.3. The van der Waals surface area contributed by atoms with Crippen LogP contribution in [0, 0.1) is 0 Å². The molecule has 9 nitrogen and oxygen atoms in total. The number of hydrogen-bond acceptors (Lipinski definition) is 6. The van der Waals surface area contributed by atoms with Crippen molar-refractivity contribution in [2.45, 2.75) is 18.9 Å². The molecule has 2 aromatic carbocycles. The molecule has 2 aromatic rings. The van der Waals surface area contributed by atoms with E-state index in [1.54, 1.807) is 36.3 Å². The highest BCUT2D eigenvalue weighted by Gasteiger charge is 2.25. The van der Waals surface area contributed by atoms with E-state index in [0.717, 1.165) is 22.8 Å². The highest BCUT2D eigenvalue weighted by Crippen LogP contribution is 2.30. The van der Waals surface area contributed by atoms with Gasteiger partial charge in [0.2, 0.25) is 5.91 Å². The average molecular weight is 455 g/mol. The third-order valence-corrected chi connectivity index (χ3v) is 5.66. The normalized spacial score (nSPS) is 17.2. The van der Waals surface area contributed by atoms with Crippen LogP contribution in [0.25, 0.3) is 0 Å². The van der Waals surface area contributed by atoms with E-state index in [9.17, 15) is 9.59 Å². The Kier molecular flexibility index (Phi) is 7.51. The second-order valence-electron chi connectivity index (χ2n) is 8.04. The van der Waals surface area contributed by atoms with Gasteiger partial charge >= 0.3 is 6.03 Å². The van der Waals surface area contributed by atoms with E-state index in [1.165, 1.54) is 0 Å². The number of nitrogens with one attached hydrogen (secondary N) is 3. The minimum Gasteiger partial charge on any atom is -0.497 e. The molecular formula is C24H30N4O5. The third-order valence-electron chi connectivity index (χ3n) is 5.66. The second-order valence-corrected chi connectivity index (χ2v) is 8.04. The lowest BCUT2D eigenvalue weighted by molar-refractivity contribution is -0.121. The number of carbonyl (C=O) groups excluding carboxylic acids is 2. The Balaban J connectivity index is 1.20. The number of methoxy groups -OCH3 is 1. The zero-order chi connectivity index (χ0) is 23.0. The number of hydrogen-bond donors (Lipinski definition) is 3. The van der Waals surface area contributed by atoms with E-state index in [-0.39, 0.29) is 18.0 Å². The van der Waals surface area contributed by atoms with Gasteiger partial charge in [0.1, 0.15) is 19.0 Å². The molecule has 4 rings (SSSR count). The summed E-state index contributed by atoms with van der Waals surface area (Å²) in [6, 6.07) is 12.8. The molecule has 0 saturated carbocycles. The summed E-state index contributed by atoms with van der Waals surface area (Å²) in [7, 11) is 1.60. The smallest absolute Gasteiger partial charge is 0.321 e. The molecule has 0 bridgehead atoms. The van der Waals surface area contributed by atoms with Crippen LogP contribution >= 0.6 is 0 Å². The Bertz CT molecular complexity index is 966. The van der Waals surface area contributed by atoms with Gasteiger partial charge in [-0.05, 0) is 48.4 Å². The van der Waals surface area contributed by atoms with Gasteiger partial charge in [-0.1, -0.05) is 6.07 Å². The number of benzene rings is 2. The highest BCUT2D eigenvalue weighted by molar-refractivity contribution is 5.89. The maximum atomic E-state index is 12.6. The molecule has 0 aromatic heterocycles.